The van der Waals surface area contributed by atoms with Crippen LogP contribution in [0.1, 0.15) is 21.6 Å². The fourth-order valence-corrected chi connectivity index (χ4v) is 5.07. The van der Waals surface area contributed by atoms with Gasteiger partial charge in [0.25, 0.3) is 5.91 Å². The second-order valence-corrected chi connectivity index (χ2v) is 9.56. The standard InChI is InChI=1S/C31H34N4O5/c1-38-22-40-21-24-10-8-9-23(19-24)20-34-29(30(36)33-17-15-32-16-18-33)28(25-11-4-3-5-12-25)35(31(34)37)26-13-6-7-14-27(26)39-2/h3-14,19,32H,15-18,20-22H2,1-2H3. The van der Waals surface area contributed by atoms with Gasteiger partial charge in [0.1, 0.15) is 18.2 Å². The molecule has 9 heteroatoms. The number of piperazine rings is 1. The highest BCUT2D eigenvalue weighted by Gasteiger charge is 2.31. The molecule has 9 nitrogen and oxygen atoms in total. The Kier molecular flexibility index (Phi) is 8.75. The number of para-hydroxylation sites is 2. The van der Waals surface area contributed by atoms with Crippen LogP contribution in [0.3, 0.4) is 0 Å². The van der Waals surface area contributed by atoms with Crippen molar-refractivity contribution < 1.29 is 19.0 Å². The van der Waals surface area contributed by atoms with E-state index in [4.69, 9.17) is 14.2 Å². The number of carbonyl (C=O) groups is 1. The van der Waals surface area contributed by atoms with Crippen molar-refractivity contribution in [2.24, 2.45) is 0 Å². The smallest absolute Gasteiger partial charge is 0.334 e. The van der Waals surface area contributed by atoms with Crippen LogP contribution >= 0.6 is 0 Å². The summed E-state index contributed by atoms with van der Waals surface area (Å²) in [6.45, 7) is 3.31. The van der Waals surface area contributed by atoms with Crippen molar-refractivity contribution >= 4 is 5.91 Å². The summed E-state index contributed by atoms with van der Waals surface area (Å²) in [5.41, 5.74) is 3.75. The van der Waals surface area contributed by atoms with E-state index in [0.717, 1.165) is 16.7 Å². The fraction of sp³-hybridized carbons (Fsp3) is 0.290. The van der Waals surface area contributed by atoms with E-state index in [1.165, 1.54) is 0 Å². The molecule has 0 unspecified atom stereocenters. The number of rotatable bonds is 10. The van der Waals surface area contributed by atoms with E-state index in [1.807, 2.05) is 83.8 Å². The van der Waals surface area contributed by atoms with Crippen LogP contribution in [0.2, 0.25) is 0 Å². The van der Waals surface area contributed by atoms with E-state index >= 15 is 0 Å². The second-order valence-electron chi connectivity index (χ2n) is 9.56. The van der Waals surface area contributed by atoms with E-state index in [2.05, 4.69) is 5.32 Å². The number of benzene rings is 3. The third-order valence-corrected chi connectivity index (χ3v) is 6.92. The monoisotopic (exact) mass is 542 g/mol. The minimum absolute atomic E-state index is 0.175. The Morgan fingerprint density at radius 2 is 1.62 bits per heavy atom. The summed E-state index contributed by atoms with van der Waals surface area (Å²) in [5.74, 6) is 0.364. The molecule has 40 heavy (non-hydrogen) atoms. The van der Waals surface area contributed by atoms with Gasteiger partial charge in [0, 0.05) is 38.9 Å². The van der Waals surface area contributed by atoms with Crippen molar-refractivity contribution in [3.8, 4) is 22.7 Å². The van der Waals surface area contributed by atoms with E-state index in [9.17, 15) is 9.59 Å². The third kappa shape index (κ3) is 5.72. The lowest BCUT2D eigenvalue weighted by Crippen LogP contribution is -2.47. The number of carbonyl (C=O) groups excluding carboxylic acids is 1. The highest BCUT2D eigenvalue weighted by atomic mass is 16.7. The van der Waals surface area contributed by atoms with Crippen molar-refractivity contribution in [2.75, 3.05) is 47.2 Å². The molecule has 1 saturated heterocycles. The topological polar surface area (TPSA) is 87.0 Å². The highest BCUT2D eigenvalue weighted by Crippen LogP contribution is 2.31. The average Bonchev–Trinajstić information content (AvgIpc) is 3.29. The lowest BCUT2D eigenvalue weighted by atomic mass is 10.1. The van der Waals surface area contributed by atoms with Gasteiger partial charge in [-0.15, -0.1) is 0 Å². The summed E-state index contributed by atoms with van der Waals surface area (Å²) in [5, 5.41) is 3.30. The maximum Gasteiger partial charge on any atom is 0.334 e. The molecule has 1 aromatic heterocycles. The van der Waals surface area contributed by atoms with E-state index in [0.29, 0.717) is 55.6 Å². The number of aromatic nitrogens is 2. The zero-order chi connectivity index (χ0) is 27.9. The summed E-state index contributed by atoms with van der Waals surface area (Å²) in [4.78, 5) is 30.5. The Balaban J connectivity index is 1.72. The molecule has 1 aliphatic rings. The predicted molar refractivity (Wildman–Crippen MR) is 153 cm³/mol. The first kappa shape index (κ1) is 27.4. The molecule has 5 rings (SSSR count). The van der Waals surface area contributed by atoms with Crippen molar-refractivity contribution in [3.63, 3.8) is 0 Å². The van der Waals surface area contributed by atoms with Crippen molar-refractivity contribution in [1.29, 1.82) is 0 Å². The molecule has 0 bridgehead atoms. The number of methoxy groups -OCH3 is 2. The summed E-state index contributed by atoms with van der Waals surface area (Å²) in [6, 6.07) is 24.8. The van der Waals surface area contributed by atoms with Crippen LogP contribution < -0.4 is 15.7 Å². The molecule has 1 aliphatic heterocycles. The Labute approximate surface area is 233 Å². The Hall–Kier alpha value is -4.18. The highest BCUT2D eigenvalue weighted by molar-refractivity contribution is 5.99. The summed E-state index contributed by atoms with van der Waals surface area (Å²) in [7, 11) is 3.16. The first-order valence-electron chi connectivity index (χ1n) is 13.3. The molecule has 4 aromatic rings. The predicted octanol–water partition coefficient (Wildman–Crippen LogP) is 3.53. The van der Waals surface area contributed by atoms with Gasteiger partial charge in [-0.3, -0.25) is 13.9 Å². The molecule has 0 spiro atoms. The lowest BCUT2D eigenvalue weighted by molar-refractivity contribution is -0.0390. The number of nitrogens with one attached hydrogen (secondary N) is 1. The van der Waals surface area contributed by atoms with Crippen LogP contribution in [0.25, 0.3) is 16.9 Å². The van der Waals surface area contributed by atoms with Crippen LogP contribution in [-0.4, -0.2) is 67.1 Å². The Morgan fingerprint density at radius 1 is 0.900 bits per heavy atom. The van der Waals surface area contributed by atoms with Crippen LogP contribution in [0, 0.1) is 0 Å². The van der Waals surface area contributed by atoms with Gasteiger partial charge in [0.15, 0.2) is 0 Å². The molecule has 0 atom stereocenters. The normalized spacial score (nSPS) is 13.4. The molecule has 2 heterocycles. The molecule has 1 fully saturated rings. The molecule has 0 radical (unpaired) electrons. The fourth-order valence-electron chi connectivity index (χ4n) is 5.07. The molecule has 0 saturated carbocycles. The lowest BCUT2D eigenvalue weighted by Gasteiger charge is -2.28. The van der Waals surface area contributed by atoms with Gasteiger partial charge in [0.2, 0.25) is 0 Å². The van der Waals surface area contributed by atoms with Gasteiger partial charge in [0.05, 0.1) is 31.6 Å². The van der Waals surface area contributed by atoms with Gasteiger partial charge in [-0.2, -0.15) is 0 Å². The number of amides is 1. The Bertz CT molecular complexity index is 1510. The first-order valence-corrected chi connectivity index (χ1v) is 13.3. The van der Waals surface area contributed by atoms with E-state index in [-0.39, 0.29) is 24.9 Å². The van der Waals surface area contributed by atoms with Gasteiger partial charge >= 0.3 is 5.69 Å². The minimum atomic E-state index is -0.317. The second kappa shape index (κ2) is 12.8. The molecule has 3 aromatic carbocycles. The summed E-state index contributed by atoms with van der Waals surface area (Å²) < 4.78 is 19.4. The largest absolute Gasteiger partial charge is 0.495 e. The quantitative estimate of drug-likeness (QED) is 0.244. The SMILES string of the molecule is COCOCc1cccc(Cn2c(C(=O)N3CCNCC3)c(-c3ccccc3)n(-c3ccccc3OC)c2=O)c1. The average molecular weight is 543 g/mol. The first-order chi connectivity index (χ1) is 19.6. The van der Waals surface area contributed by atoms with Gasteiger partial charge in [-0.25, -0.2) is 4.79 Å². The molecule has 208 valence electrons. The number of hydrogen-bond donors (Lipinski definition) is 1. The Morgan fingerprint density at radius 3 is 2.38 bits per heavy atom. The molecular weight excluding hydrogens is 508 g/mol. The van der Waals surface area contributed by atoms with Crippen molar-refractivity contribution in [1.82, 2.24) is 19.4 Å². The van der Waals surface area contributed by atoms with Gasteiger partial charge < -0.3 is 24.4 Å². The molecular formula is C31H34N4O5. The van der Waals surface area contributed by atoms with Gasteiger partial charge in [-0.1, -0.05) is 66.7 Å². The van der Waals surface area contributed by atoms with Crippen molar-refractivity contribution in [2.45, 2.75) is 13.2 Å². The molecule has 0 aliphatic carbocycles. The summed E-state index contributed by atoms with van der Waals surface area (Å²) in [6.07, 6.45) is 0. The van der Waals surface area contributed by atoms with Crippen molar-refractivity contribution in [3.05, 3.63) is 106 Å². The number of ether oxygens (including phenoxy) is 3. The zero-order valence-electron chi connectivity index (χ0n) is 22.8. The van der Waals surface area contributed by atoms with Crippen LogP contribution in [0.15, 0.2) is 83.7 Å². The zero-order valence-corrected chi connectivity index (χ0v) is 22.8. The van der Waals surface area contributed by atoms with E-state index in [1.54, 1.807) is 23.4 Å². The van der Waals surface area contributed by atoms with Crippen LogP contribution in [-0.2, 0) is 22.6 Å². The van der Waals surface area contributed by atoms with Crippen LogP contribution in [0.4, 0.5) is 0 Å². The maximum absolute atomic E-state index is 14.4. The number of imidazole rings is 1. The number of hydrogen-bond acceptors (Lipinski definition) is 6. The minimum Gasteiger partial charge on any atom is -0.495 e. The van der Waals surface area contributed by atoms with E-state index < -0.39 is 0 Å². The summed E-state index contributed by atoms with van der Waals surface area (Å²) >= 11 is 0. The molecule has 1 amide bonds. The van der Waals surface area contributed by atoms with Crippen LogP contribution in [0.5, 0.6) is 5.75 Å². The number of nitrogens with zero attached hydrogens (tertiary/aromatic N) is 3. The van der Waals surface area contributed by atoms with Gasteiger partial charge in [-0.05, 0) is 23.3 Å². The molecule has 1 N–H and O–H groups in total. The third-order valence-electron chi connectivity index (χ3n) is 6.92. The maximum atomic E-state index is 14.4.